The molecule has 4 nitrogen and oxygen atoms in total. The van der Waals surface area contributed by atoms with Gasteiger partial charge in [0.25, 0.3) is 0 Å². The van der Waals surface area contributed by atoms with Crippen molar-refractivity contribution in [2.45, 2.75) is 19.9 Å². The van der Waals surface area contributed by atoms with Gasteiger partial charge in [-0.1, -0.05) is 13.0 Å². The molecule has 0 saturated heterocycles. The van der Waals surface area contributed by atoms with Crippen LogP contribution in [0.5, 0.6) is 0 Å². The second-order valence-corrected chi connectivity index (χ2v) is 5.02. The zero-order valence-corrected chi connectivity index (χ0v) is 12.5. The first kappa shape index (κ1) is 13.6. The van der Waals surface area contributed by atoms with Gasteiger partial charge in [0, 0.05) is 12.7 Å². The van der Waals surface area contributed by atoms with E-state index in [0.29, 0.717) is 12.1 Å². The molecular formula is C14H15BrN4. The monoisotopic (exact) mass is 318 g/mol. The van der Waals surface area contributed by atoms with E-state index < -0.39 is 0 Å². The number of nitriles is 1. The van der Waals surface area contributed by atoms with Crippen LogP contribution in [-0.2, 0) is 20.0 Å². The maximum absolute atomic E-state index is 8.87. The first-order chi connectivity index (χ1) is 9.15. The minimum Gasteiger partial charge on any atom is -0.379 e. The highest BCUT2D eigenvalue weighted by Gasteiger charge is 2.11. The van der Waals surface area contributed by atoms with Crippen LogP contribution in [0.1, 0.15) is 23.9 Å². The Morgan fingerprint density at radius 3 is 2.89 bits per heavy atom. The molecule has 0 amide bonds. The quantitative estimate of drug-likeness (QED) is 0.941. The molecule has 98 valence electrons. The fraction of sp³-hybridized carbons (Fsp3) is 0.286. The van der Waals surface area contributed by atoms with E-state index in [2.05, 4.69) is 39.3 Å². The average molecular weight is 319 g/mol. The molecule has 0 radical (unpaired) electrons. The molecule has 1 heterocycles. The SMILES string of the molecule is CCc1nn(C)c(CNc2cccc(C#N)c2)c1Br. The minimum atomic E-state index is 0.656. The third-order valence-corrected chi connectivity index (χ3v) is 3.87. The van der Waals surface area contributed by atoms with Crippen molar-refractivity contribution in [2.24, 2.45) is 7.05 Å². The number of halogens is 1. The molecule has 0 bridgehead atoms. The number of aryl methyl sites for hydroxylation is 2. The Morgan fingerprint density at radius 2 is 2.26 bits per heavy atom. The lowest BCUT2D eigenvalue weighted by Crippen LogP contribution is -2.06. The van der Waals surface area contributed by atoms with Crippen LogP contribution in [0.15, 0.2) is 28.7 Å². The standard InChI is InChI=1S/C14H15BrN4/c1-3-12-14(15)13(19(2)18-12)9-17-11-6-4-5-10(7-11)8-16/h4-7,17H,3,9H2,1-2H3. The molecule has 2 aromatic rings. The Hall–Kier alpha value is -1.80. The van der Waals surface area contributed by atoms with Gasteiger partial charge in [-0.15, -0.1) is 0 Å². The highest BCUT2D eigenvalue weighted by Crippen LogP contribution is 2.22. The molecule has 1 aromatic carbocycles. The number of benzene rings is 1. The molecule has 19 heavy (non-hydrogen) atoms. The van der Waals surface area contributed by atoms with E-state index in [1.807, 2.05) is 29.9 Å². The number of aromatic nitrogens is 2. The van der Waals surface area contributed by atoms with Gasteiger partial charge in [-0.05, 0) is 40.5 Å². The summed E-state index contributed by atoms with van der Waals surface area (Å²) in [4.78, 5) is 0. The maximum Gasteiger partial charge on any atom is 0.0992 e. The molecule has 0 unspecified atom stereocenters. The smallest absolute Gasteiger partial charge is 0.0992 e. The summed E-state index contributed by atoms with van der Waals surface area (Å²) in [6, 6.07) is 9.59. The van der Waals surface area contributed by atoms with Crippen LogP contribution in [0.3, 0.4) is 0 Å². The molecule has 0 spiro atoms. The van der Waals surface area contributed by atoms with Crippen LogP contribution in [-0.4, -0.2) is 9.78 Å². The largest absolute Gasteiger partial charge is 0.379 e. The molecule has 1 aromatic heterocycles. The van der Waals surface area contributed by atoms with Gasteiger partial charge in [-0.25, -0.2) is 0 Å². The molecule has 0 saturated carbocycles. The number of nitrogens with one attached hydrogen (secondary N) is 1. The Balaban J connectivity index is 2.14. The van der Waals surface area contributed by atoms with Crippen LogP contribution >= 0.6 is 15.9 Å². The van der Waals surface area contributed by atoms with Gasteiger partial charge >= 0.3 is 0 Å². The van der Waals surface area contributed by atoms with E-state index in [0.717, 1.165) is 28.0 Å². The summed E-state index contributed by atoms with van der Waals surface area (Å²) in [5.41, 5.74) is 3.75. The molecule has 2 rings (SSSR count). The van der Waals surface area contributed by atoms with Crippen LogP contribution in [0.25, 0.3) is 0 Å². The molecular weight excluding hydrogens is 304 g/mol. The van der Waals surface area contributed by atoms with Crippen molar-refractivity contribution < 1.29 is 0 Å². The van der Waals surface area contributed by atoms with Crippen molar-refractivity contribution >= 4 is 21.6 Å². The Labute approximate surface area is 121 Å². The molecule has 1 N–H and O–H groups in total. The van der Waals surface area contributed by atoms with Gasteiger partial charge in [0.1, 0.15) is 0 Å². The Kier molecular flexibility index (Phi) is 4.23. The summed E-state index contributed by atoms with van der Waals surface area (Å²) in [7, 11) is 1.94. The van der Waals surface area contributed by atoms with Crippen molar-refractivity contribution in [2.75, 3.05) is 5.32 Å². The number of hydrogen-bond acceptors (Lipinski definition) is 3. The summed E-state index contributed by atoms with van der Waals surface area (Å²) in [5, 5.41) is 16.6. The minimum absolute atomic E-state index is 0.656. The van der Waals surface area contributed by atoms with Gasteiger partial charge < -0.3 is 5.32 Å². The predicted molar refractivity (Wildman–Crippen MR) is 78.8 cm³/mol. The van der Waals surface area contributed by atoms with E-state index in [1.54, 1.807) is 6.07 Å². The lowest BCUT2D eigenvalue weighted by Gasteiger charge is -2.07. The van der Waals surface area contributed by atoms with Gasteiger partial charge in [0.15, 0.2) is 0 Å². The third-order valence-electron chi connectivity index (χ3n) is 2.95. The van der Waals surface area contributed by atoms with E-state index in [1.165, 1.54) is 0 Å². The first-order valence-electron chi connectivity index (χ1n) is 6.10. The molecule has 0 fully saturated rings. The Bertz CT molecular complexity index is 625. The Morgan fingerprint density at radius 1 is 1.47 bits per heavy atom. The summed E-state index contributed by atoms with van der Waals surface area (Å²) in [6.07, 6.45) is 0.901. The summed E-state index contributed by atoms with van der Waals surface area (Å²) in [5.74, 6) is 0. The van der Waals surface area contributed by atoms with Crippen molar-refractivity contribution in [1.29, 1.82) is 5.26 Å². The predicted octanol–water partition coefficient (Wildman–Crippen LogP) is 3.23. The van der Waals surface area contributed by atoms with Crippen LogP contribution in [0.2, 0.25) is 0 Å². The lowest BCUT2D eigenvalue weighted by atomic mass is 10.2. The fourth-order valence-electron chi connectivity index (χ4n) is 1.90. The van der Waals surface area contributed by atoms with Gasteiger partial charge in [0.05, 0.1) is 34.0 Å². The van der Waals surface area contributed by atoms with Crippen molar-refractivity contribution in [3.8, 4) is 6.07 Å². The maximum atomic E-state index is 8.87. The van der Waals surface area contributed by atoms with E-state index in [9.17, 15) is 0 Å². The van der Waals surface area contributed by atoms with Crippen LogP contribution in [0, 0.1) is 11.3 Å². The second kappa shape index (κ2) is 5.89. The van der Waals surface area contributed by atoms with Crippen molar-refractivity contribution in [3.63, 3.8) is 0 Å². The number of nitrogens with zero attached hydrogens (tertiary/aromatic N) is 3. The summed E-state index contributed by atoms with van der Waals surface area (Å²) < 4.78 is 2.94. The molecule has 0 aliphatic carbocycles. The van der Waals surface area contributed by atoms with E-state index >= 15 is 0 Å². The van der Waals surface area contributed by atoms with Crippen LogP contribution in [0.4, 0.5) is 5.69 Å². The van der Waals surface area contributed by atoms with E-state index in [4.69, 9.17) is 5.26 Å². The zero-order chi connectivity index (χ0) is 13.8. The topological polar surface area (TPSA) is 53.6 Å². The summed E-state index contributed by atoms with van der Waals surface area (Å²) >= 11 is 3.59. The lowest BCUT2D eigenvalue weighted by molar-refractivity contribution is 0.706. The van der Waals surface area contributed by atoms with Gasteiger partial charge in [0.2, 0.25) is 0 Å². The van der Waals surface area contributed by atoms with E-state index in [-0.39, 0.29) is 0 Å². The highest BCUT2D eigenvalue weighted by atomic mass is 79.9. The summed E-state index contributed by atoms with van der Waals surface area (Å²) in [6.45, 7) is 2.75. The zero-order valence-electron chi connectivity index (χ0n) is 10.9. The molecule has 5 heteroatoms. The first-order valence-corrected chi connectivity index (χ1v) is 6.89. The third kappa shape index (κ3) is 2.96. The number of hydrogen-bond donors (Lipinski definition) is 1. The fourth-order valence-corrected chi connectivity index (χ4v) is 2.65. The molecule has 0 aliphatic heterocycles. The van der Waals surface area contributed by atoms with Gasteiger partial charge in [-0.3, -0.25) is 4.68 Å². The number of anilines is 1. The van der Waals surface area contributed by atoms with Crippen molar-refractivity contribution in [3.05, 3.63) is 45.7 Å². The second-order valence-electron chi connectivity index (χ2n) is 4.23. The highest BCUT2D eigenvalue weighted by molar-refractivity contribution is 9.10. The normalized spacial score (nSPS) is 10.2. The number of rotatable bonds is 4. The van der Waals surface area contributed by atoms with Crippen molar-refractivity contribution in [1.82, 2.24) is 9.78 Å². The molecule has 0 aliphatic rings. The van der Waals surface area contributed by atoms with Crippen LogP contribution < -0.4 is 5.32 Å². The average Bonchev–Trinajstić information content (AvgIpc) is 2.71. The molecule has 0 atom stereocenters. The van der Waals surface area contributed by atoms with Gasteiger partial charge in [-0.2, -0.15) is 10.4 Å².